The van der Waals surface area contributed by atoms with Crippen molar-refractivity contribution in [3.05, 3.63) is 34.9 Å². The molecular formula is C16H20N4O4S. The number of rotatable bonds is 6. The number of esters is 1. The largest absolute Gasteiger partial charge is 0.492 e. The van der Waals surface area contributed by atoms with Crippen molar-refractivity contribution in [2.75, 3.05) is 19.0 Å². The lowest BCUT2D eigenvalue weighted by atomic mass is 10.1. The number of aromatic nitrogens is 1. The van der Waals surface area contributed by atoms with Crippen LogP contribution in [0.2, 0.25) is 0 Å². The van der Waals surface area contributed by atoms with Gasteiger partial charge in [-0.25, -0.2) is 4.79 Å². The minimum atomic E-state index is -0.635. The summed E-state index contributed by atoms with van der Waals surface area (Å²) in [4.78, 5) is 11.8. The SMILES string of the molecule is COC(=O)c1cccc(Nc2snc(O)c2C(=N)NCC(C)O)c1C. The van der Waals surface area contributed by atoms with Crippen molar-refractivity contribution in [1.29, 1.82) is 5.41 Å². The summed E-state index contributed by atoms with van der Waals surface area (Å²) in [6.45, 7) is 3.53. The van der Waals surface area contributed by atoms with E-state index in [4.69, 9.17) is 10.1 Å². The van der Waals surface area contributed by atoms with Gasteiger partial charge in [0.1, 0.15) is 16.4 Å². The second kappa shape index (κ2) is 7.95. The van der Waals surface area contributed by atoms with Crippen LogP contribution in [0.4, 0.5) is 10.7 Å². The van der Waals surface area contributed by atoms with Gasteiger partial charge < -0.3 is 25.6 Å². The fourth-order valence-electron chi connectivity index (χ4n) is 2.15. The summed E-state index contributed by atoms with van der Waals surface area (Å²) in [6, 6.07) is 5.14. The van der Waals surface area contributed by atoms with Crippen LogP contribution in [0.1, 0.15) is 28.4 Å². The fourth-order valence-corrected chi connectivity index (χ4v) is 2.86. The lowest BCUT2D eigenvalue weighted by Gasteiger charge is -2.13. The summed E-state index contributed by atoms with van der Waals surface area (Å²) in [5.41, 5.74) is 1.94. The molecule has 1 unspecified atom stereocenters. The molecule has 0 saturated carbocycles. The van der Waals surface area contributed by atoms with E-state index in [9.17, 15) is 15.0 Å². The van der Waals surface area contributed by atoms with Crippen molar-refractivity contribution >= 4 is 34.0 Å². The molecule has 0 radical (unpaired) electrons. The van der Waals surface area contributed by atoms with Gasteiger partial charge in [-0.2, -0.15) is 4.37 Å². The lowest BCUT2D eigenvalue weighted by molar-refractivity contribution is 0.0600. The Balaban J connectivity index is 2.30. The molecule has 5 N–H and O–H groups in total. The molecule has 1 heterocycles. The number of aromatic hydroxyl groups is 1. The summed E-state index contributed by atoms with van der Waals surface area (Å²) in [7, 11) is 1.32. The van der Waals surface area contributed by atoms with Crippen LogP contribution in [0.3, 0.4) is 0 Å². The topological polar surface area (TPSA) is 128 Å². The fraction of sp³-hybridized carbons (Fsp3) is 0.312. The quantitative estimate of drug-likeness (QED) is 0.301. The van der Waals surface area contributed by atoms with Crippen LogP contribution in [0.15, 0.2) is 18.2 Å². The first-order valence-corrected chi connectivity index (χ1v) is 8.27. The van der Waals surface area contributed by atoms with Gasteiger partial charge in [-0.1, -0.05) is 6.07 Å². The van der Waals surface area contributed by atoms with E-state index in [1.54, 1.807) is 32.0 Å². The third-order valence-corrected chi connectivity index (χ3v) is 4.24. The van der Waals surface area contributed by atoms with E-state index in [2.05, 4.69) is 15.0 Å². The molecule has 134 valence electrons. The molecule has 0 amide bonds. The van der Waals surface area contributed by atoms with E-state index in [0.717, 1.165) is 11.5 Å². The van der Waals surface area contributed by atoms with Crippen molar-refractivity contribution in [3.63, 3.8) is 0 Å². The third kappa shape index (κ3) is 4.25. The minimum absolute atomic E-state index is 0.0589. The Labute approximate surface area is 149 Å². The smallest absolute Gasteiger partial charge is 0.338 e. The molecule has 0 spiro atoms. The van der Waals surface area contributed by atoms with Crippen LogP contribution >= 0.6 is 11.5 Å². The normalized spacial score (nSPS) is 11.7. The van der Waals surface area contributed by atoms with Crippen molar-refractivity contribution < 1.29 is 19.7 Å². The van der Waals surface area contributed by atoms with Gasteiger partial charge in [0, 0.05) is 12.2 Å². The summed E-state index contributed by atoms with van der Waals surface area (Å²) in [5, 5.41) is 33.6. The van der Waals surface area contributed by atoms with E-state index < -0.39 is 12.1 Å². The van der Waals surface area contributed by atoms with E-state index in [1.807, 2.05) is 0 Å². The van der Waals surface area contributed by atoms with Gasteiger partial charge in [0.05, 0.1) is 18.8 Å². The van der Waals surface area contributed by atoms with Crippen molar-refractivity contribution in [2.45, 2.75) is 20.0 Å². The second-order valence-electron chi connectivity index (χ2n) is 5.41. The number of aliphatic hydroxyl groups excluding tert-OH is 1. The second-order valence-corrected chi connectivity index (χ2v) is 6.18. The van der Waals surface area contributed by atoms with Crippen LogP contribution in [0.5, 0.6) is 5.88 Å². The van der Waals surface area contributed by atoms with E-state index in [0.29, 0.717) is 21.8 Å². The van der Waals surface area contributed by atoms with E-state index in [1.165, 1.54) is 7.11 Å². The molecule has 2 aromatic rings. The van der Waals surface area contributed by atoms with Crippen LogP contribution in [0.25, 0.3) is 0 Å². The zero-order chi connectivity index (χ0) is 18.6. The Kier molecular flexibility index (Phi) is 5.94. The predicted octanol–water partition coefficient (Wildman–Crippen LogP) is 1.98. The average Bonchev–Trinajstić information content (AvgIpc) is 2.94. The molecule has 0 fully saturated rings. The molecule has 0 bridgehead atoms. The molecule has 25 heavy (non-hydrogen) atoms. The number of amidine groups is 1. The average molecular weight is 364 g/mol. The standard InChI is InChI=1S/C16H20N4O4S/c1-8(21)7-18-13(17)12-14(22)20-25-15(12)19-11-6-4-5-10(9(11)2)16(23)24-3/h4-6,8,19,21H,7H2,1-3H3,(H2,17,18)(H,20,22). The third-order valence-electron chi connectivity index (χ3n) is 3.49. The van der Waals surface area contributed by atoms with Gasteiger partial charge in [0.15, 0.2) is 0 Å². The van der Waals surface area contributed by atoms with Gasteiger partial charge in [-0.05, 0) is 43.1 Å². The van der Waals surface area contributed by atoms with Crippen LogP contribution in [-0.4, -0.2) is 46.2 Å². The maximum Gasteiger partial charge on any atom is 0.338 e. The maximum atomic E-state index is 11.8. The summed E-state index contributed by atoms with van der Waals surface area (Å²) in [6.07, 6.45) is -0.635. The zero-order valence-corrected chi connectivity index (χ0v) is 14.9. The Bertz CT molecular complexity index is 788. The number of nitrogens with one attached hydrogen (secondary N) is 3. The first-order valence-electron chi connectivity index (χ1n) is 7.49. The van der Waals surface area contributed by atoms with Crippen molar-refractivity contribution in [3.8, 4) is 5.88 Å². The van der Waals surface area contributed by atoms with Crippen molar-refractivity contribution in [1.82, 2.24) is 9.69 Å². The predicted molar refractivity (Wildman–Crippen MR) is 96.1 cm³/mol. The van der Waals surface area contributed by atoms with Crippen LogP contribution < -0.4 is 10.6 Å². The molecule has 1 atom stereocenters. The number of hydrogen-bond acceptors (Lipinski definition) is 8. The minimum Gasteiger partial charge on any atom is -0.492 e. The van der Waals surface area contributed by atoms with Gasteiger partial charge in [0.2, 0.25) is 5.88 Å². The monoisotopic (exact) mass is 364 g/mol. The van der Waals surface area contributed by atoms with Gasteiger partial charge in [-0.15, -0.1) is 0 Å². The maximum absolute atomic E-state index is 11.8. The Morgan fingerprint density at radius 1 is 1.48 bits per heavy atom. The van der Waals surface area contributed by atoms with Crippen molar-refractivity contribution in [2.24, 2.45) is 0 Å². The van der Waals surface area contributed by atoms with Gasteiger partial charge in [0.25, 0.3) is 0 Å². The van der Waals surface area contributed by atoms with E-state index >= 15 is 0 Å². The van der Waals surface area contributed by atoms with E-state index in [-0.39, 0.29) is 23.8 Å². The molecule has 0 aliphatic rings. The number of aliphatic hydroxyl groups is 1. The number of ether oxygens (including phenoxy) is 1. The zero-order valence-electron chi connectivity index (χ0n) is 14.1. The summed E-state index contributed by atoms with van der Waals surface area (Å²) >= 11 is 0.992. The molecular weight excluding hydrogens is 344 g/mol. The number of anilines is 2. The lowest BCUT2D eigenvalue weighted by Crippen LogP contribution is -2.30. The first kappa shape index (κ1) is 18.7. The highest BCUT2D eigenvalue weighted by molar-refractivity contribution is 7.11. The highest BCUT2D eigenvalue weighted by atomic mass is 32.1. The molecule has 0 aliphatic carbocycles. The van der Waals surface area contributed by atoms with Gasteiger partial charge in [-0.3, -0.25) is 5.41 Å². The van der Waals surface area contributed by atoms with Crippen LogP contribution in [0, 0.1) is 12.3 Å². The Morgan fingerprint density at radius 2 is 2.20 bits per heavy atom. The van der Waals surface area contributed by atoms with Gasteiger partial charge >= 0.3 is 5.97 Å². The molecule has 1 aromatic carbocycles. The number of carbonyl (C=O) groups excluding carboxylic acids is 1. The highest BCUT2D eigenvalue weighted by Crippen LogP contribution is 2.33. The number of hydrogen-bond donors (Lipinski definition) is 5. The summed E-state index contributed by atoms with van der Waals surface area (Å²) in [5.74, 6) is -0.784. The number of benzene rings is 1. The Hall–Kier alpha value is -2.65. The summed E-state index contributed by atoms with van der Waals surface area (Å²) < 4.78 is 8.62. The Morgan fingerprint density at radius 3 is 2.84 bits per heavy atom. The first-order chi connectivity index (χ1) is 11.8. The molecule has 0 aliphatic heterocycles. The number of methoxy groups -OCH3 is 1. The van der Waals surface area contributed by atoms with Crippen LogP contribution in [-0.2, 0) is 4.74 Å². The molecule has 9 heteroatoms. The molecule has 1 aromatic heterocycles. The molecule has 2 rings (SSSR count). The molecule has 8 nitrogen and oxygen atoms in total. The molecule has 0 saturated heterocycles. The highest BCUT2D eigenvalue weighted by Gasteiger charge is 2.20. The number of carbonyl (C=O) groups is 1. The number of nitrogens with zero attached hydrogens (tertiary/aromatic N) is 1.